The molecule has 4 aliphatic heterocycles. The maximum Gasteiger partial charge on any atom is 0.296 e. The van der Waals surface area contributed by atoms with Gasteiger partial charge in [0.05, 0.1) is 58.8 Å². The van der Waals surface area contributed by atoms with E-state index in [2.05, 4.69) is 61.8 Å². The van der Waals surface area contributed by atoms with E-state index in [0.717, 1.165) is 93.3 Å². The summed E-state index contributed by atoms with van der Waals surface area (Å²) < 4.78 is 77.6. The molecule has 0 unspecified atom stereocenters. The summed E-state index contributed by atoms with van der Waals surface area (Å²) in [6.45, 7) is 15.9. The maximum atomic E-state index is 12.6. The lowest BCUT2D eigenvalue weighted by Gasteiger charge is -2.47. The van der Waals surface area contributed by atoms with E-state index in [0.29, 0.717) is 55.8 Å². The van der Waals surface area contributed by atoms with E-state index in [1.807, 2.05) is 6.92 Å². The second-order valence-electron chi connectivity index (χ2n) is 18.9. The Balaban J connectivity index is 0.000000223. The molecule has 0 saturated carbocycles. The third kappa shape index (κ3) is 12.5. The van der Waals surface area contributed by atoms with E-state index in [4.69, 9.17) is 32.6 Å². The molecule has 0 N–H and O–H groups in total. The van der Waals surface area contributed by atoms with Crippen molar-refractivity contribution in [2.24, 2.45) is 23.7 Å². The quantitative estimate of drug-likeness (QED) is 0.0849. The first-order valence-corrected chi connectivity index (χ1v) is 24.9. The standard InChI is InChI=1S/C29H41NO6S.C22H34FNO3/c1-20(2)15-23-19-30-12-11-22-16-28(33-4)29(34-5)17-25(22)26(30)18-27(23)35-13-6-14-36-37(31,32)24-9-7-21(3)8-10-24;1-15(2)10-17-14-24-8-6-16-11-21(25-3)22(26-4)12-18(16)19(24)13-20(17)27-9-5-7-23/h7-10,16-17,20,23,26-27H,6,11-15,18-19H2,1-5H3;11-12,15,17,19-20H,5-10,13-14H2,1-4H3/t23-,26-,27-;17-,19-,20-/m11/s1/i;23-1. The lowest BCUT2D eigenvalue weighted by Crippen LogP contribution is -2.49. The van der Waals surface area contributed by atoms with E-state index < -0.39 is 10.1 Å². The van der Waals surface area contributed by atoms with Crippen LogP contribution in [0.3, 0.4) is 0 Å². The van der Waals surface area contributed by atoms with Crippen LogP contribution >= 0.6 is 0 Å². The van der Waals surface area contributed by atoms with Crippen molar-refractivity contribution in [2.45, 2.75) is 115 Å². The summed E-state index contributed by atoms with van der Waals surface area (Å²) in [5, 5.41) is 0. The highest BCUT2D eigenvalue weighted by Crippen LogP contribution is 2.46. The zero-order valence-electron chi connectivity index (χ0n) is 39.9. The summed E-state index contributed by atoms with van der Waals surface area (Å²) >= 11 is 0. The number of piperidine rings is 2. The van der Waals surface area contributed by atoms with Gasteiger partial charge in [0.15, 0.2) is 23.0 Å². The topological polar surface area (TPSA) is 105 Å². The van der Waals surface area contributed by atoms with Crippen LogP contribution in [-0.2, 0) is 36.6 Å². The van der Waals surface area contributed by atoms with Crippen LogP contribution in [0.15, 0.2) is 53.4 Å². The summed E-state index contributed by atoms with van der Waals surface area (Å²) in [5.74, 6) is 5.30. The van der Waals surface area contributed by atoms with E-state index in [1.165, 1.54) is 22.3 Å². The average Bonchev–Trinajstić information content (AvgIpc) is 3.28. The van der Waals surface area contributed by atoms with Crippen LogP contribution in [0.4, 0.5) is 4.39 Å². The first-order chi connectivity index (χ1) is 30.8. The fraction of sp³-hybridized carbons (Fsp3) is 0.647. The molecule has 13 heteroatoms. The summed E-state index contributed by atoms with van der Waals surface area (Å²) in [6, 6.07) is 15.9. The molecule has 0 spiro atoms. The first-order valence-electron chi connectivity index (χ1n) is 23.5. The van der Waals surface area contributed by atoms with Crippen LogP contribution in [-0.4, -0.2) is 112 Å². The largest absolute Gasteiger partial charge is 0.493 e. The molecule has 0 aromatic heterocycles. The van der Waals surface area contributed by atoms with Crippen LogP contribution in [0.5, 0.6) is 23.0 Å². The number of halogens is 1. The van der Waals surface area contributed by atoms with Crippen molar-refractivity contribution in [2.75, 3.05) is 81.1 Å². The molecule has 64 heavy (non-hydrogen) atoms. The minimum atomic E-state index is -3.76. The van der Waals surface area contributed by atoms with Crippen molar-refractivity contribution in [3.63, 3.8) is 0 Å². The van der Waals surface area contributed by atoms with Crippen molar-refractivity contribution in [3.8, 4) is 23.0 Å². The third-order valence-electron chi connectivity index (χ3n) is 13.5. The molecule has 4 aliphatic rings. The van der Waals surface area contributed by atoms with Gasteiger partial charge in [0.2, 0.25) is 0 Å². The van der Waals surface area contributed by atoms with Gasteiger partial charge in [-0.2, -0.15) is 8.42 Å². The molecule has 6 atom stereocenters. The van der Waals surface area contributed by atoms with Gasteiger partial charge in [-0.3, -0.25) is 18.4 Å². The highest BCUT2D eigenvalue weighted by atomic mass is 32.2. The molecular formula is C51H75FN2O9S. The summed E-state index contributed by atoms with van der Waals surface area (Å²) in [7, 11) is 2.97. The van der Waals surface area contributed by atoms with Crippen molar-refractivity contribution >= 4 is 10.1 Å². The monoisotopic (exact) mass is 910 g/mol. The molecular weight excluding hydrogens is 835 g/mol. The van der Waals surface area contributed by atoms with Gasteiger partial charge in [0.25, 0.3) is 10.1 Å². The molecule has 0 bridgehead atoms. The van der Waals surface area contributed by atoms with Crippen molar-refractivity contribution in [1.82, 2.24) is 9.80 Å². The molecule has 0 radical (unpaired) electrons. The Kier molecular flexibility index (Phi) is 18.2. The van der Waals surface area contributed by atoms with Gasteiger partial charge in [-0.05, 0) is 141 Å². The van der Waals surface area contributed by atoms with Crippen LogP contribution in [0.25, 0.3) is 0 Å². The smallest absolute Gasteiger partial charge is 0.296 e. The van der Waals surface area contributed by atoms with Gasteiger partial charge in [0, 0.05) is 51.5 Å². The van der Waals surface area contributed by atoms with Crippen molar-refractivity contribution < 1.29 is 45.4 Å². The fourth-order valence-electron chi connectivity index (χ4n) is 10.4. The SMILES string of the molecule is COc1cc2c(cc1OC)[C@H]1C[C@@H](OCCCOS(=O)(=O)c3ccc(C)cc3)[C@H](CC(C)C)CN1CC2.COc1cc2c(cc1OC)[C@H]1C[C@@H](OCCC[18F])[C@H](CC(C)C)CN1CC2. The Bertz CT molecular complexity index is 2050. The maximum absolute atomic E-state index is 12.6. The van der Waals surface area contributed by atoms with Crippen LogP contribution in [0.1, 0.15) is 106 Å². The Labute approximate surface area is 383 Å². The highest BCUT2D eigenvalue weighted by Gasteiger charge is 2.41. The van der Waals surface area contributed by atoms with E-state index in [9.17, 15) is 12.8 Å². The molecule has 4 heterocycles. The van der Waals surface area contributed by atoms with Crippen molar-refractivity contribution in [3.05, 3.63) is 76.3 Å². The number of hydrogen-bond donors (Lipinski definition) is 0. The molecule has 3 aromatic rings. The number of rotatable bonds is 19. The molecule has 0 aliphatic carbocycles. The number of ether oxygens (including phenoxy) is 6. The van der Waals surface area contributed by atoms with Crippen LogP contribution in [0.2, 0.25) is 0 Å². The van der Waals surface area contributed by atoms with Crippen LogP contribution < -0.4 is 18.9 Å². The molecule has 11 nitrogen and oxygen atoms in total. The summed E-state index contributed by atoms with van der Waals surface area (Å²) in [4.78, 5) is 5.39. The predicted molar refractivity (Wildman–Crippen MR) is 249 cm³/mol. The molecule has 2 saturated heterocycles. The number of aryl methyl sites for hydroxylation is 1. The lowest BCUT2D eigenvalue weighted by atomic mass is 9.79. The van der Waals surface area contributed by atoms with E-state index >= 15 is 0 Å². The van der Waals surface area contributed by atoms with Gasteiger partial charge in [-0.15, -0.1) is 0 Å². The van der Waals surface area contributed by atoms with Crippen LogP contribution in [0, 0.1) is 30.6 Å². The Morgan fingerprint density at radius 2 is 1.08 bits per heavy atom. The van der Waals surface area contributed by atoms with Gasteiger partial charge in [0.1, 0.15) is 0 Å². The number of methoxy groups -OCH3 is 4. The predicted octanol–water partition coefficient (Wildman–Crippen LogP) is 9.57. The second kappa shape index (κ2) is 23.3. The Morgan fingerprint density at radius 3 is 1.50 bits per heavy atom. The number of fused-ring (bicyclic) bond motifs is 6. The Hall–Kier alpha value is -3.46. The number of alkyl halides is 1. The second-order valence-corrected chi connectivity index (χ2v) is 20.5. The first kappa shape index (κ1) is 50.0. The number of benzene rings is 3. The van der Waals surface area contributed by atoms with Gasteiger partial charge in [-0.25, -0.2) is 0 Å². The molecule has 3 aromatic carbocycles. The lowest BCUT2D eigenvalue weighted by molar-refractivity contribution is -0.0657. The van der Waals surface area contributed by atoms with Gasteiger partial charge < -0.3 is 28.4 Å². The highest BCUT2D eigenvalue weighted by molar-refractivity contribution is 7.86. The van der Waals surface area contributed by atoms with Gasteiger partial charge in [-0.1, -0.05) is 45.4 Å². The number of nitrogens with zero attached hydrogens (tertiary/aromatic N) is 2. The third-order valence-corrected chi connectivity index (χ3v) is 14.8. The van der Waals surface area contributed by atoms with E-state index in [1.54, 1.807) is 52.7 Å². The zero-order chi connectivity index (χ0) is 46.0. The van der Waals surface area contributed by atoms with Crippen molar-refractivity contribution in [1.29, 1.82) is 0 Å². The molecule has 2 fully saturated rings. The molecule has 356 valence electrons. The summed E-state index contributed by atoms with van der Waals surface area (Å²) in [5.41, 5.74) is 6.30. The number of hydrogen-bond acceptors (Lipinski definition) is 11. The Morgan fingerprint density at radius 1 is 0.641 bits per heavy atom. The minimum absolute atomic E-state index is 0.104. The summed E-state index contributed by atoms with van der Waals surface area (Å²) in [6.07, 6.45) is 7.47. The van der Waals surface area contributed by atoms with Gasteiger partial charge >= 0.3 is 0 Å². The molecule has 0 amide bonds. The average molecular weight is 910 g/mol. The minimum Gasteiger partial charge on any atom is -0.493 e. The normalized spacial score (nSPS) is 23.3. The van der Waals surface area contributed by atoms with E-state index in [-0.39, 0.29) is 36.4 Å². The fourth-order valence-corrected chi connectivity index (χ4v) is 11.4. The molecule has 7 rings (SSSR count). The zero-order valence-corrected chi connectivity index (χ0v) is 40.7.